The van der Waals surface area contributed by atoms with E-state index >= 15 is 0 Å². The largest absolute Gasteiger partial charge is 1.00 e. The maximum Gasteiger partial charge on any atom is 1.00 e. The zero-order valence-electron chi connectivity index (χ0n) is 24.3. The normalized spacial score (nSPS) is 14.7. The van der Waals surface area contributed by atoms with Crippen LogP contribution in [0.15, 0.2) is 123 Å². The van der Waals surface area contributed by atoms with Crippen molar-refractivity contribution in [3.63, 3.8) is 0 Å². The molecule has 5 rings (SSSR count). The number of rotatable bonds is 9. The Morgan fingerprint density at radius 1 is 0.956 bits per heavy atom. The molecular weight excluding hydrogens is 609 g/mol. The Morgan fingerprint density at radius 3 is 2.27 bits per heavy atom. The molecule has 0 unspecified atom stereocenters. The summed E-state index contributed by atoms with van der Waals surface area (Å²) in [5.74, 6) is -2.11. The number of carboxylic acid groups (broad SMARTS) is 1. The van der Waals surface area contributed by atoms with Crippen LogP contribution in [-0.2, 0) is 14.9 Å². The second-order valence-electron chi connectivity index (χ2n) is 9.81. The van der Waals surface area contributed by atoms with E-state index in [0.717, 1.165) is 17.2 Å². The molecule has 0 saturated heterocycles. The summed E-state index contributed by atoms with van der Waals surface area (Å²) >= 11 is 0. The number of benzene rings is 3. The van der Waals surface area contributed by atoms with Gasteiger partial charge < -0.3 is 14.5 Å². The Bertz CT molecular complexity index is 1980. The maximum atomic E-state index is 12.8. The average molecular weight is 634 g/mol. The van der Waals surface area contributed by atoms with Crippen LogP contribution in [0.5, 0.6) is 5.75 Å². The minimum Gasteiger partial charge on any atom is -0.744 e. The number of carbonyl (C=O) groups is 2. The zero-order chi connectivity index (χ0) is 31.6. The molecule has 4 N–H and O–H groups in total. The van der Waals surface area contributed by atoms with Gasteiger partial charge in [0.1, 0.15) is 21.4 Å². The first-order valence-electron chi connectivity index (χ1n) is 13.0. The first-order chi connectivity index (χ1) is 20.9. The molecule has 0 aliphatic heterocycles. The number of ketones is 1. The van der Waals surface area contributed by atoms with E-state index in [1.807, 2.05) is 54.6 Å². The number of aryl methyl sites for hydroxylation is 1. The van der Waals surface area contributed by atoms with Gasteiger partial charge in [-0.3, -0.25) is 15.6 Å². The van der Waals surface area contributed by atoms with Crippen molar-refractivity contribution < 1.29 is 62.1 Å². The number of hydrogen-bond acceptors (Lipinski definition) is 11. The van der Waals surface area contributed by atoms with E-state index in [2.05, 4.69) is 21.2 Å². The van der Waals surface area contributed by atoms with E-state index in [1.54, 1.807) is 13.8 Å². The molecule has 45 heavy (non-hydrogen) atoms. The molecule has 0 radical (unpaired) electrons. The number of carboxylic acids is 1. The first kappa shape index (κ1) is 33.4. The van der Waals surface area contributed by atoms with Crippen LogP contribution in [-0.4, -0.2) is 35.5 Å². The minimum atomic E-state index is -4.89. The number of fused-ring (bicyclic) bond motifs is 1. The molecule has 2 aliphatic carbocycles. The second kappa shape index (κ2) is 13.6. The van der Waals surface area contributed by atoms with Crippen molar-refractivity contribution in [3.8, 4) is 16.9 Å². The average Bonchev–Trinajstić information content (AvgIpc) is 2.98. The summed E-state index contributed by atoms with van der Waals surface area (Å²) in [6.45, 7) is 3.16. The fourth-order valence-electron chi connectivity index (χ4n) is 4.57. The van der Waals surface area contributed by atoms with Gasteiger partial charge in [0, 0.05) is 6.08 Å². The molecule has 0 spiro atoms. The number of nitrogens with one attached hydrogen (secondary N) is 3. The maximum absolute atomic E-state index is 12.8. The molecule has 0 fully saturated rings. The van der Waals surface area contributed by atoms with E-state index in [1.165, 1.54) is 18.2 Å². The van der Waals surface area contributed by atoms with Crippen molar-refractivity contribution in [1.29, 1.82) is 5.41 Å². The van der Waals surface area contributed by atoms with Crippen molar-refractivity contribution in [2.45, 2.75) is 13.8 Å². The third-order valence-corrected chi connectivity index (χ3v) is 7.54. The molecule has 0 aromatic heterocycles. The van der Waals surface area contributed by atoms with Crippen LogP contribution in [0.4, 0.5) is 11.4 Å². The molecule has 0 bridgehead atoms. The summed E-state index contributed by atoms with van der Waals surface area (Å²) in [4.78, 5) is 29.7. The molecule has 12 nitrogen and oxygen atoms in total. The van der Waals surface area contributed by atoms with Gasteiger partial charge in [-0.2, -0.15) is 5.11 Å². The molecule has 0 saturated carbocycles. The van der Waals surface area contributed by atoms with Crippen LogP contribution in [0.25, 0.3) is 11.1 Å². The Hall–Kier alpha value is -4.50. The third-order valence-electron chi connectivity index (χ3n) is 6.73. The van der Waals surface area contributed by atoms with Gasteiger partial charge >= 0.3 is 35.5 Å². The van der Waals surface area contributed by atoms with Gasteiger partial charge in [0.15, 0.2) is 11.5 Å². The number of nitrogens with zero attached hydrogens (tertiary/aromatic N) is 2. The molecule has 3 aromatic carbocycles. The summed E-state index contributed by atoms with van der Waals surface area (Å²) in [6.07, 6.45) is 3.13. The van der Waals surface area contributed by atoms with Crippen LogP contribution in [0.1, 0.15) is 22.8 Å². The van der Waals surface area contributed by atoms with Gasteiger partial charge in [-0.15, -0.1) is 5.11 Å². The quantitative estimate of drug-likeness (QED) is 0.119. The van der Waals surface area contributed by atoms with Gasteiger partial charge in [-0.25, -0.2) is 13.2 Å². The summed E-state index contributed by atoms with van der Waals surface area (Å²) in [6, 6.07) is 20.1. The topological polar surface area (TPSA) is 193 Å². The first-order valence-corrected chi connectivity index (χ1v) is 14.4. The monoisotopic (exact) mass is 633 g/mol. The molecule has 14 heteroatoms. The fourth-order valence-corrected chi connectivity index (χ4v) is 5.09. The van der Waals surface area contributed by atoms with Gasteiger partial charge in [0.2, 0.25) is 0 Å². The number of carbonyl (C=O) groups excluding carboxylic acids is 1. The standard InChI is InChI=1S/C31H25N5O7S.Na/c1-17-12-21-14-24(44(40,41)42)16-26(37)27(21)29(28(17)32)35-33-23-13-18(2)30(25(15-23)31(38)39)43-36-34-22-10-8-20(9-11-22)19-6-4-3-5-7-19;/h3-16,32,34,36H,1-2H3,(H,38,39)(H,40,41,42);/q;+1/p-1. The molecule has 0 amide bonds. The van der Waals surface area contributed by atoms with E-state index in [4.69, 9.17) is 10.2 Å². The summed E-state index contributed by atoms with van der Waals surface area (Å²) in [5.41, 5.74) is 8.48. The van der Waals surface area contributed by atoms with E-state index in [-0.39, 0.29) is 69.1 Å². The van der Waals surface area contributed by atoms with Gasteiger partial charge in [-0.05, 0) is 78.1 Å². The fraction of sp³-hybridized carbons (Fsp3) is 0.0645. The number of hydrazine groups is 1. The van der Waals surface area contributed by atoms with Crippen molar-refractivity contribution in [2.24, 2.45) is 10.2 Å². The Balaban J connectivity index is 0.00000461. The van der Waals surface area contributed by atoms with E-state index in [0.29, 0.717) is 22.9 Å². The van der Waals surface area contributed by atoms with Gasteiger partial charge in [-0.1, -0.05) is 48.1 Å². The minimum absolute atomic E-state index is 0. The summed E-state index contributed by atoms with van der Waals surface area (Å²) < 4.78 is 34.4. The Kier molecular flexibility index (Phi) is 10.1. The molecular formula is C31H24N5NaO7S. The summed E-state index contributed by atoms with van der Waals surface area (Å²) in [7, 11) is -4.89. The number of hydrogen-bond donors (Lipinski definition) is 4. The molecule has 222 valence electrons. The Labute approximate surface area is 280 Å². The molecule has 3 aromatic rings. The smallest absolute Gasteiger partial charge is 0.744 e. The molecule has 0 atom stereocenters. The summed E-state index contributed by atoms with van der Waals surface area (Å²) in [5, 5.41) is 26.4. The Morgan fingerprint density at radius 2 is 1.62 bits per heavy atom. The van der Waals surface area contributed by atoms with Crippen LogP contribution >= 0.6 is 0 Å². The van der Waals surface area contributed by atoms with E-state index in [9.17, 15) is 27.7 Å². The number of allylic oxidation sites excluding steroid dienone is 6. The molecule has 0 heterocycles. The van der Waals surface area contributed by atoms with Crippen LogP contribution < -0.4 is 45.4 Å². The van der Waals surface area contributed by atoms with Gasteiger partial charge in [0.05, 0.1) is 27.6 Å². The van der Waals surface area contributed by atoms with Crippen molar-refractivity contribution in [1.82, 2.24) is 5.59 Å². The van der Waals surface area contributed by atoms with Crippen LogP contribution in [0.3, 0.4) is 0 Å². The molecule has 2 aliphatic rings. The van der Waals surface area contributed by atoms with Gasteiger partial charge in [0.25, 0.3) is 0 Å². The number of azo groups is 1. The van der Waals surface area contributed by atoms with Crippen molar-refractivity contribution in [3.05, 3.63) is 123 Å². The third kappa shape index (κ3) is 7.42. The van der Waals surface area contributed by atoms with Crippen molar-refractivity contribution in [2.75, 3.05) is 5.43 Å². The predicted molar refractivity (Wildman–Crippen MR) is 161 cm³/mol. The zero-order valence-corrected chi connectivity index (χ0v) is 27.1. The SMILES string of the molecule is CC1=CC2=CC(S(=O)(=O)[O-])=CC(=O)C2=C(N=Nc2cc(C)c(ONNc3ccc(-c4ccccc4)cc3)c(C(=O)O)c2)C1=N.[Na+]. The number of anilines is 1. The van der Waals surface area contributed by atoms with Crippen LogP contribution in [0, 0.1) is 12.3 Å². The van der Waals surface area contributed by atoms with Crippen LogP contribution in [0.2, 0.25) is 0 Å². The second-order valence-corrected chi connectivity index (χ2v) is 11.2. The van der Waals surface area contributed by atoms with Crippen molar-refractivity contribution >= 4 is 39.0 Å². The number of aromatic carboxylic acids is 1. The predicted octanol–water partition coefficient (Wildman–Crippen LogP) is 2.53. The van der Waals surface area contributed by atoms with E-state index < -0.39 is 26.8 Å².